The Balaban J connectivity index is 1.68. The van der Waals surface area contributed by atoms with Crippen molar-refractivity contribution in [3.63, 3.8) is 0 Å². The van der Waals surface area contributed by atoms with Crippen LogP contribution in [0.5, 0.6) is 0 Å². The van der Waals surface area contributed by atoms with Gasteiger partial charge in [0.05, 0.1) is 6.54 Å². The van der Waals surface area contributed by atoms with Crippen molar-refractivity contribution < 1.29 is 0 Å². The Morgan fingerprint density at radius 1 is 0.889 bits per heavy atom. The zero-order valence-corrected chi connectivity index (χ0v) is 12.2. The molecule has 18 heavy (non-hydrogen) atoms. The van der Waals surface area contributed by atoms with E-state index in [1.54, 1.807) is 0 Å². The second-order valence-electron chi connectivity index (χ2n) is 5.39. The molecule has 0 atom stereocenters. The number of hydrazine groups is 1. The van der Waals surface area contributed by atoms with Crippen molar-refractivity contribution in [2.45, 2.75) is 77.6 Å². The van der Waals surface area contributed by atoms with Gasteiger partial charge < -0.3 is 0 Å². The highest BCUT2D eigenvalue weighted by Crippen LogP contribution is 2.11. The van der Waals surface area contributed by atoms with Gasteiger partial charge in [0.25, 0.3) is 0 Å². The van der Waals surface area contributed by atoms with Crippen LogP contribution in [-0.4, -0.2) is 24.3 Å². The normalized spacial score (nSPS) is 15.2. The maximum atomic E-state index is 3.99. The number of nitrogens with one attached hydrogen (secondary N) is 1. The number of rotatable bonds is 12. The van der Waals surface area contributed by atoms with Crippen molar-refractivity contribution >= 4 is 6.21 Å². The summed E-state index contributed by atoms with van der Waals surface area (Å²) in [6.45, 7) is 4.39. The van der Waals surface area contributed by atoms with Crippen LogP contribution in [0.1, 0.15) is 77.6 Å². The average molecular weight is 253 g/mol. The summed E-state index contributed by atoms with van der Waals surface area (Å²) in [6.07, 6.45) is 17.5. The summed E-state index contributed by atoms with van der Waals surface area (Å²) < 4.78 is 0. The summed E-state index contributed by atoms with van der Waals surface area (Å²) in [7, 11) is 0. The van der Waals surface area contributed by atoms with Crippen LogP contribution < -0.4 is 5.53 Å². The van der Waals surface area contributed by atoms with Crippen molar-refractivity contribution in [1.29, 1.82) is 0 Å². The smallest absolute Gasteiger partial charge is 0.0566 e. The number of unbranched alkanes of at least 4 members (excludes halogenated alkanes) is 10. The van der Waals surface area contributed by atoms with Crippen LogP contribution in [0.15, 0.2) is 5.10 Å². The molecule has 1 N–H and O–H groups in total. The van der Waals surface area contributed by atoms with Crippen molar-refractivity contribution in [2.24, 2.45) is 5.10 Å². The summed E-state index contributed by atoms with van der Waals surface area (Å²) in [6, 6.07) is 0. The van der Waals surface area contributed by atoms with Gasteiger partial charge in [-0.2, -0.15) is 5.10 Å². The molecule has 3 heteroatoms. The summed E-state index contributed by atoms with van der Waals surface area (Å²) in [5.41, 5.74) is 2.99. The van der Waals surface area contributed by atoms with Gasteiger partial charge >= 0.3 is 0 Å². The van der Waals surface area contributed by atoms with Crippen LogP contribution in [0.3, 0.4) is 0 Å². The van der Waals surface area contributed by atoms with Crippen LogP contribution in [0.2, 0.25) is 0 Å². The van der Waals surface area contributed by atoms with E-state index in [0.717, 1.165) is 13.1 Å². The topological polar surface area (TPSA) is 27.6 Å². The molecule has 0 fully saturated rings. The van der Waals surface area contributed by atoms with Gasteiger partial charge in [-0.15, -0.1) is 0 Å². The molecule has 0 amide bonds. The largest absolute Gasteiger partial charge is 0.240 e. The van der Waals surface area contributed by atoms with Gasteiger partial charge in [-0.3, -0.25) is 0 Å². The third-order valence-electron chi connectivity index (χ3n) is 3.62. The van der Waals surface area contributed by atoms with Crippen molar-refractivity contribution in [2.75, 3.05) is 13.1 Å². The second-order valence-corrected chi connectivity index (χ2v) is 5.39. The monoisotopic (exact) mass is 253 g/mol. The second kappa shape index (κ2) is 11.5. The lowest BCUT2D eigenvalue weighted by Gasteiger charge is -2.13. The number of hydrogen-bond donors (Lipinski definition) is 1. The third kappa shape index (κ3) is 8.51. The summed E-state index contributed by atoms with van der Waals surface area (Å²) >= 11 is 0. The minimum atomic E-state index is 0.970. The molecular formula is C15H31N3. The SMILES string of the molecule is CCCCCCCCCCCCCN1CC=NN1. The fraction of sp³-hybridized carbons (Fsp3) is 0.933. The maximum Gasteiger partial charge on any atom is 0.0566 e. The Hall–Kier alpha value is -0.570. The number of nitrogens with zero attached hydrogens (tertiary/aromatic N) is 2. The predicted molar refractivity (Wildman–Crippen MR) is 79.7 cm³/mol. The molecule has 0 aliphatic carbocycles. The highest BCUT2D eigenvalue weighted by Gasteiger charge is 2.04. The van der Waals surface area contributed by atoms with Crippen molar-refractivity contribution in [3.05, 3.63) is 0 Å². The quantitative estimate of drug-likeness (QED) is 0.530. The van der Waals surface area contributed by atoms with E-state index in [9.17, 15) is 0 Å². The molecule has 0 aromatic carbocycles. The first-order chi connectivity index (χ1) is 8.93. The molecule has 0 aromatic rings. The zero-order chi connectivity index (χ0) is 12.9. The van der Waals surface area contributed by atoms with Crippen LogP contribution in [0.4, 0.5) is 0 Å². The molecule has 1 rings (SSSR count). The van der Waals surface area contributed by atoms with Crippen LogP contribution in [0.25, 0.3) is 0 Å². The molecule has 1 aliphatic heterocycles. The lowest BCUT2D eigenvalue weighted by molar-refractivity contribution is 0.237. The first-order valence-electron chi connectivity index (χ1n) is 7.95. The standard InChI is InChI=1S/C15H31N3/c1-2-3-4-5-6-7-8-9-10-11-12-14-18-15-13-16-17-18/h13,17H,2-12,14-15H2,1H3. The molecule has 0 saturated heterocycles. The van der Waals surface area contributed by atoms with E-state index in [-0.39, 0.29) is 0 Å². The third-order valence-corrected chi connectivity index (χ3v) is 3.62. The van der Waals surface area contributed by atoms with E-state index < -0.39 is 0 Å². The zero-order valence-electron chi connectivity index (χ0n) is 12.2. The maximum absolute atomic E-state index is 3.99. The van der Waals surface area contributed by atoms with E-state index in [0.29, 0.717) is 0 Å². The predicted octanol–water partition coefficient (Wildman–Crippen LogP) is 4.10. The Bertz CT molecular complexity index is 196. The van der Waals surface area contributed by atoms with Crippen LogP contribution >= 0.6 is 0 Å². The van der Waals surface area contributed by atoms with Gasteiger partial charge in [-0.1, -0.05) is 71.1 Å². The first-order valence-corrected chi connectivity index (χ1v) is 7.95. The molecule has 1 aliphatic rings. The van der Waals surface area contributed by atoms with Crippen molar-refractivity contribution in [1.82, 2.24) is 10.5 Å². The summed E-state index contributed by atoms with van der Waals surface area (Å²) in [5, 5.41) is 6.16. The lowest BCUT2D eigenvalue weighted by atomic mass is 10.1. The molecule has 0 unspecified atom stereocenters. The average Bonchev–Trinajstić information content (AvgIpc) is 2.89. The Morgan fingerprint density at radius 2 is 1.44 bits per heavy atom. The van der Waals surface area contributed by atoms with Gasteiger partial charge in [-0.05, 0) is 6.42 Å². The van der Waals surface area contributed by atoms with Gasteiger partial charge in [0.15, 0.2) is 0 Å². The summed E-state index contributed by atoms with van der Waals surface area (Å²) in [5.74, 6) is 0. The molecular weight excluding hydrogens is 222 g/mol. The van der Waals surface area contributed by atoms with Gasteiger partial charge in [0.2, 0.25) is 0 Å². The molecule has 3 nitrogen and oxygen atoms in total. The highest BCUT2D eigenvalue weighted by atomic mass is 15.7. The Kier molecular flexibility index (Phi) is 9.91. The number of hydrazone groups is 1. The fourth-order valence-corrected chi connectivity index (χ4v) is 2.41. The lowest BCUT2D eigenvalue weighted by Crippen LogP contribution is -2.31. The highest BCUT2D eigenvalue weighted by molar-refractivity contribution is 5.60. The molecule has 0 saturated carbocycles. The molecule has 0 radical (unpaired) electrons. The van der Waals surface area contributed by atoms with E-state index in [1.807, 2.05) is 6.21 Å². The Labute approximate surface area is 113 Å². The summed E-state index contributed by atoms with van der Waals surface area (Å²) in [4.78, 5) is 0. The molecule has 0 bridgehead atoms. The van der Waals surface area contributed by atoms with Gasteiger partial charge in [-0.25, -0.2) is 10.5 Å². The number of hydrogen-bond acceptors (Lipinski definition) is 3. The fourth-order valence-electron chi connectivity index (χ4n) is 2.41. The first kappa shape index (κ1) is 15.5. The van der Waals surface area contributed by atoms with E-state index >= 15 is 0 Å². The van der Waals surface area contributed by atoms with E-state index in [4.69, 9.17) is 0 Å². The molecule has 1 heterocycles. The molecule has 0 spiro atoms. The van der Waals surface area contributed by atoms with Gasteiger partial charge in [0.1, 0.15) is 0 Å². The van der Waals surface area contributed by atoms with E-state index in [1.165, 1.54) is 70.6 Å². The minimum absolute atomic E-state index is 0.970. The van der Waals surface area contributed by atoms with Gasteiger partial charge in [0, 0.05) is 12.8 Å². The van der Waals surface area contributed by atoms with Crippen LogP contribution in [0, 0.1) is 0 Å². The Morgan fingerprint density at radius 3 is 1.94 bits per heavy atom. The van der Waals surface area contributed by atoms with E-state index in [2.05, 4.69) is 22.6 Å². The minimum Gasteiger partial charge on any atom is -0.240 e. The van der Waals surface area contributed by atoms with Crippen LogP contribution in [-0.2, 0) is 0 Å². The molecule has 106 valence electrons. The molecule has 0 aromatic heterocycles. The van der Waals surface area contributed by atoms with Crippen molar-refractivity contribution in [3.8, 4) is 0 Å².